The second-order valence-electron chi connectivity index (χ2n) is 5.03. The summed E-state index contributed by atoms with van der Waals surface area (Å²) in [6, 6.07) is 13.2. The first-order valence-electron chi connectivity index (χ1n) is 6.65. The Hall–Kier alpha value is -1.74. The number of hydrogen-bond acceptors (Lipinski definition) is 5. The first kappa shape index (κ1) is 19.3. The average Bonchev–Trinajstić information content (AvgIpc) is 3.01. The molecule has 0 amide bonds. The van der Waals surface area contributed by atoms with Crippen LogP contribution in [0.4, 0.5) is 0 Å². The van der Waals surface area contributed by atoms with Crippen LogP contribution in [0.15, 0.2) is 47.8 Å². The normalized spacial score (nSPS) is 13.5. The Bertz CT molecular complexity index is 714. The highest BCUT2D eigenvalue weighted by Crippen LogP contribution is 2.29. The Kier molecular flexibility index (Phi) is 6.89. The maximum atomic E-state index is 11.0. The van der Waals surface area contributed by atoms with E-state index in [0.717, 1.165) is 11.3 Å². The third kappa shape index (κ3) is 6.11. The zero-order valence-corrected chi connectivity index (χ0v) is 14.2. The molecule has 8 heteroatoms. The molecule has 0 aliphatic rings. The molecule has 0 spiro atoms. The Morgan fingerprint density at radius 2 is 1.83 bits per heavy atom. The minimum absolute atomic E-state index is 0.396. The summed E-state index contributed by atoms with van der Waals surface area (Å²) in [5.74, 6) is -2.10. The van der Waals surface area contributed by atoms with Gasteiger partial charge < -0.3 is 10.8 Å². The molecular formula is C15H19NO5S2. The van der Waals surface area contributed by atoms with Gasteiger partial charge in [0.2, 0.25) is 0 Å². The Labute approximate surface area is 139 Å². The molecule has 4 N–H and O–H groups in total. The first-order valence-corrected chi connectivity index (χ1v) is 9.14. The van der Waals surface area contributed by atoms with Crippen molar-refractivity contribution in [3.8, 4) is 0 Å². The van der Waals surface area contributed by atoms with Crippen LogP contribution in [-0.4, -0.2) is 29.8 Å². The van der Waals surface area contributed by atoms with Gasteiger partial charge in [0.05, 0.1) is 5.75 Å². The maximum absolute atomic E-state index is 11.0. The molecule has 0 bridgehead atoms. The minimum Gasteiger partial charge on any atom is -0.481 e. The van der Waals surface area contributed by atoms with Gasteiger partial charge in [-0.2, -0.15) is 8.42 Å². The number of carboxylic acid groups (broad SMARTS) is 1. The number of hydrogen-bond donors (Lipinski definition) is 3. The van der Waals surface area contributed by atoms with Crippen molar-refractivity contribution in [2.75, 3.05) is 5.75 Å². The van der Waals surface area contributed by atoms with Gasteiger partial charge in [0, 0.05) is 11.4 Å². The molecule has 2 aromatic rings. The summed E-state index contributed by atoms with van der Waals surface area (Å²) in [7, 11) is -4.33. The number of nitrogens with two attached hydrogens (primary N) is 1. The highest BCUT2D eigenvalue weighted by molar-refractivity contribution is 7.85. The van der Waals surface area contributed by atoms with Gasteiger partial charge in [0.15, 0.2) is 0 Å². The number of thiophene rings is 1. The molecule has 23 heavy (non-hydrogen) atoms. The molecule has 1 aromatic carbocycles. The van der Waals surface area contributed by atoms with Gasteiger partial charge in [-0.1, -0.05) is 36.4 Å². The fourth-order valence-electron chi connectivity index (χ4n) is 1.81. The standard InChI is InChI=1S/C8H10O5S2.C7H9N/c1-8(7(9)10,5-15(11,12)13)6-3-2-4-14-6;8-6-7-4-2-1-3-5-7/h2-4H,5H2,1H3,(H,9,10)(H,11,12,13);1-5H,6,8H2. The molecule has 1 heterocycles. The van der Waals surface area contributed by atoms with Crippen LogP contribution in [0.2, 0.25) is 0 Å². The van der Waals surface area contributed by atoms with E-state index in [1.54, 1.807) is 11.4 Å². The predicted molar refractivity (Wildman–Crippen MR) is 90.1 cm³/mol. The van der Waals surface area contributed by atoms with Gasteiger partial charge in [0.1, 0.15) is 5.41 Å². The molecule has 0 fully saturated rings. The third-order valence-electron chi connectivity index (χ3n) is 3.09. The van der Waals surface area contributed by atoms with Crippen LogP contribution in [0.25, 0.3) is 0 Å². The lowest BCUT2D eigenvalue weighted by Gasteiger charge is -2.21. The van der Waals surface area contributed by atoms with Gasteiger partial charge >= 0.3 is 5.97 Å². The SMILES string of the molecule is CC(CS(=O)(=O)O)(C(=O)O)c1cccs1.NCc1ccccc1. The lowest BCUT2D eigenvalue weighted by molar-refractivity contribution is -0.142. The van der Waals surface area contributed by atoms with Gasteiger partial charge in [-0.25, -0.2) is 0 Å². The number of benzene rings is 1. The maximum Gasteiger partial charge on any atom is 0.315 e. The number of carbonyl (C=O) groups is 1. The second-order valence-corrected chi connectivity index (χ2v) is 7.43. The lowest BCUT2D eigenvalue weighted by atomic mass is 9.91. The molecule has 0 radical (unpaired) electrons. The van der Waals surface area contributed by atoms with Crippen molar-refractivity contribution in [3.63, 3.8) is 0 Å². The molecule has 1 atom stereocenters. The van der Waals surface area contributed by atoms with Gasteiger partial charge in [-0.3, -0.25) is 9.35 Å². The fourth-order valence-corrected chi connectivity index (χ4v) is 3.79. The van der Waals surface area contributed by atoms with Crippen molar-refractivity contribution in [1.82, 2.24) is 0 Å². The summed E-state index contributed by atoms with van der Waals surface area (Å²) in [6.07, 6.45) is 0. The van der Waals surface area contributed by atoms with E-state index in [0.29, 0.717) is 11.4 Å². The van der Waals surface area contributed by atoms with E-state index < -0.39 is 27.3 Å². The second kappa shape index (κ2) is 8.21. The zero-order chi connectivity index (χ0) is 17.5. The summed E-state index contributed by atoms with van der Waals surface area (Å²) < 4.78 is 30.2. The Morgan fingerprint density at radius 1 is 1.22 bits per heavy atom. The molecule has 2 rings (SSSR count). The van der Waals surface area contributed by atoms with Crippen molar-refractivity contribution < 1.29 is 22.9 Å². The Balaban J connectivity index is 0.000000277. The number of aliphatic carboxylic acids is 1. The summed E-state index contributed by atoms with van der Waals surface area (Å²) >= 11 is 1.14. The number of carboxylic acids is 1. The Morgan fingerprint density at radius 3 is 2.17 bits per heavy atom. The summed E-state index contributed by atoms with van der Waals surface area (Å²) in [4.78, 5) is 11.4. The van der Waals surface area contributed by atoms with E-state index in [-0.39, 0.29) is 0 Å². The van der Waals surface area contributed by atoms with Crippen molar-refractivity contribution >= 4 is 27.4 Å². The van der Waals surface area contributed by atoms with Crippen molar-refractivity contribution in [3.05, 3.63) is 58.3 Å². The number of rotatable bonds is 5. The van der Waals surface area contributed by atoms with E-state index in [9.17, 15) is 13.2 Å². The molecule has 0 saturated carbocycles. The quantitative estimate of drug-likeness (QED) is 0.706. The monoisotopic (exact) mass is 357 g/mol. The van der Waals surface area contributed by atoms with Gasteiger partial charge in [-0.15, -0.1) is 11.3 Å². The van der Waals surface area contributed by atoms with E-state index in [1.165, 1.54) is 18.6 Å². The first-order chi connectivity index (χ1) is 10.7. The smallest absolute Gasteiger partial charge is 0.315 e. The summed E-state index contributed by atoms with van der Waals surface area (Å²) in [5, 5.41) is 10.7. The average molecular weight is 357 g/mol. The van der Waals surface area contributed by atoms with Crippen LogP contribution in [0.3, 0.4) is 0 Å². The van der Waals surface area contributed by atoms with Crippen LogP contribution in [0, 0.1) is 0 Å². The largest absolute Gasteiger partial charge is 0.481 e. The predicted octanol–water partition coefficient (Wildman–Crippen LogP) is 2.12. The highest BCUT2D eigenvalue weighted by Gasteiger charge is 2.40. The molecule has 0 aliphatic carbocycles. The van der Waals surface area contributed by atoms with Crippen LogP contribution in [-0.2, 0) is 26.9 Å². The molecule has 1 unspecified atom stereocenters. The molecule has 6 nitrogen and oxygen atoms in total. The molecule has 126 valence electrons. The van der Waals surface area contributed by atoms with Crippen LogP contribution in [0.1, 0.15) is 17.4 Å². The van der Waals surface area contributed by atoms with Crippen molar-refractivity contribution in [2.45, 2.75) is 18.9 Å². The highest BCUT2D eigenvalue weighted by atomic mass is 32.2. The van der Waals surface area contributed by atoms with Gasteiger partial charge in [-0.05, 0) is 23.9 Å². The zero-order valence-electron chi connectivity index (χ0n) is 12.5. The molecule has 0 saturated heterocycles. The van der Waals surface area contributed by atoms with E-state index >= 15 is 0 Å². The molecule has 1 aromatic heterocycles. The minimum atomic E-state index is -4.33. The van der Waals surface area contributed by atoms with Gasteiger partial charge in [0.25, 0.3) is 10.1 Å². The summed E-state index contributed by atoms with van der Waals surface area (Å²) in [5.41, 5.74) is 4.94. The van der Waals surface area contributed by atoms with Crippen molar-refractivity contribution in [2.24, 2.45) is 5.73 Å². The fraction of sp³-hybridized carbons (Fsp3) is 0.267. The van der Waals surface area contributed by atoms with Crippen molar-refractivity contribution in [1.29, 1.82) is 0 Å². The van der Waals surface area contributed by atoms with Crippen LogP contribution >= 0.6 is 11.3 Å². The molecular weight excluding hydrogens is 338 g/mol. The third-order valence-corrected chi connectivity index (χ3v) is 5.16. The van der Waals surface area contributed by atoms with E-state index in [4.69, 9.17) is 15.4 Å². The topological polar surface area (TPSA) is 118 Å². The lowest BCUT2D eigenvalue weighted by Crippen LogP contribution is -2.38. The van der Waals surface area contributed by atoms with Crippen LogP contribution in [0.5, 0.6) is 0 Å². The van der Waals surface area contributed by atoms with E-state index in [2.05, 4.69) is 0 Å². The summed E-state index contributed by atoms with van der Waals surface area (Å²) in [6.45, 7) is 1.91. The van der Waals surface area contributed by atoms with Crippen LogP contribution < -0.4 is 5.73 Å². The molecule has 0 aliphatic heterocycles. The van der Waals surface area contributed by atoms with E-state index in [1.807, 2.05) is 30.3 Å².